The summed E-state index contributed by atoms with van der Waals surface area (Å²) in [5.41, 5.74) is 2.49. The molecule has 0 radical (unpaired) electrons. The lowest BCUT2D eigenvalue weighted by atomic mass is 10.2. The maximum absolute atomic E-state index is 12.4. The molecule has 2 rings (SSSR count). The van der Waals surface area contributed by atoms with Crippen molar-refractivity contribution in [3.05, 3.63) is 71.4 Å². The number of allylic oxidation sites excluding steroid dienone is 2. The summed E-state index contributed by atoms with van der Waals surface area (Å²) in [6, 6.07) is 12.9. The summed E-state index contributed by atoms with van der Waals surface area (Å²) in [7, 11) is -7.46. The van der Waals surface area contributed by atoms with E-state index in [2.05, 4.69) is 4.40 Å². The first-order valence-corrected chi connectivity index (χ1v) is 11.2. The Morgan fingerprint density at radius 1 is 0.815 bits per heavy atom. The summed E-state index contributed by atoms with van der Waals surface area (Å²) in [6.45, 7) is 6.84. The number of hydrogen-bond donors (Lipinski definition) is 1. The minimum Gasteiger partial charge on any atom is -0.208 e. The quantitative estimate of drug-likeness (QED) is 0.743. The van der Waals surface area contributed by atoms with Crippen molar-refractivity contribution in [1.29, 1.82) is 0 Å². The molecule has 0 spiro atoms. The Morgan fingerprint density at radius 2 is 1.26 bits per heavy atom. The van der Waals surface area contributed by atoms with Gasteiger partial charge in [-0.2, -0.15) is 21.2 Å². The fraction of sp³-hybridized carbons (Fsp3) is 0.211. The highest BCUT2D eigenvalue weighted by molar-refractivity contribution is 7.90. The number of nitrogens with zero attached hydrogens (tertiary/aromatic N) is 1. The lowest BCUT2D eigenvalue weighted by Crippen LogP contribution is -2.84. The van der Waals surface area contributed by atoms with Crippen LogP contribution in [0.4, 0.5) is 0 Å². The van der Waals surface area contributed by atoms with Crippen molar-refractivity contribution in [2.75, 3.05) is 0 Å². The van der Waals surface area contributed by atoms with Crippen molar-refractivity contribution in [2.24, 2.45) is 4.40 Å². The molecule has 0 saturated carbocycles. The average Bonchev–Trinajstić information content (AvgIpc) is 2.54. The highest BCUT2D eigenvalue weighted by Gasteiger charge is 2.19. The predicted octanol–water partition coefficient (Wildman–Crippen LogP) is 2.31. The molecule has 2 aromatic carbocycles. The second-order valence-electron chi connectivity index (χ2n) is 6.39. The van der Waals surface area contributed by atoms with Crippen molar-refractivity contribution < 1.29 is 21.6 Å². The maximum Gasteiger partial charge on any atom is 0.328 e. The van der Waals surface area contributed by atoms with E-state index in [9.17, 15) is 16.8 Å². The number of aryl methyl sites for hydroxylation is 2. The molecule has 0 aliphatic heterocycles. The van der Waals surface area contributed by atoms with Gasteiger partial charge in [-0.3, -0.25) is 0 Å². The van der Waals surface area contributed by atoms with Crippen LogP contribution in [0, 0.1) is 13.8 Å². The third kappa shape index (κ3) is 5.85. The zero-order valence-electron chi connectivity index (χ0n) is 15.7. The normalized spacial score (nSPS) is 13.6. The van der Waals surface area contributed by atoms with Crippen LogP contribution in [-0.4, -0.2) is 22.5 Å². The van der Waals surface area contributed by atoms with Crippen LogP contribution in [0.2, 0.25) is 0 Å². The zero-order chi connectivity index (χ0) is 20.2. The zero-order valence-corrected chi connectivity index (χ0v) is 17.3. The van der Waals surface area contributed by atoms with Gasteiger partial charge in [-0.1, -0.05) is 35.4 Å². The van der Waals surface area contributed by atoms with E-state index in [1.165, 1.54) is 37.3 Å². The van der Waals surface area contributed by atoms with E-state index in [-0.39, 0.29) is 15.5 Å². The molecule has 0 fully saturated rings. The third-order valence-electron chi connectivity index (χ3n) is 3.71. The van der Waals surface area contributed by atoms with E-state index in [0.717, 1.165) is 15.8 Å². The first-order valence-electron chi connectivity index (χ1n) is 8.23. The van der Waals surface area contributed by atoms with Gasteiger partial charge in [0.25, 0.3) is 10.0 Å². The number of hydrogen-bond acceptors (Lipinski definition) is 4. The van der Waals surface area contributed by atoms with Gasteiger partial charge in [0.2, 0.25) is 0 Å². The molecule has 27 heavy (non-hydrogen) atoms. The number of quaternary nitrogens is 1. The van der Waals surface area contributed by atoms with Crippen molar-refractivity contribution in [3.8, 4) is 0 Å². The topological polar surface area (TPSA) is 97.2 Å². The molecule has 0 aliphatic rings. The smallest absolute Gasteiger partial charge is 0.208 e. The van der Waals surface area contributed by atoms with E-state index < -0.39 is 20.0 Å². The molecule has 2 N–H and O–H groups in total. The highest BCUT2D eigenvalue weighted by atomic mass is 32.2. The average molecular weight is 408 g/mol. The Morgan fingerprint density at radius 3 is 1.74 bits per heavy atom. The van der Waals surface area contributed by atoms with E-state index in [4.69, 9.17) is 0 Å². The van der Waals surface area contributed by atoms with E-state index in [1.807, 2.05) is 13.8 Å². The van der Waals surface area contributed by atoms with Crippen LogP contribution in [0.3, 0.4) is 0 Å². The van der Waals surface area contributed by atoms with Crippen LogP contribution >= 0.6 is 0 Å². The molecule has 6 nitrogen and oxygen atoms in total. The maximum atomic E-state index is 12.4. The SMILES string of the molecule is CC(/C=C(/C)[NH2+]S(=O)(=O)c1ccc(C)cc1)=NS(=O)(=O)c1ccc(C)cc1. The first-order chi connectivity index (χ1) is 12.5. The Kier molecular flexibility index (Phi) is 6.35. The molecule has 0 unspecified atom stereocenters. The molecule has 0 bridgehead atoms. The van der Waals surface area contributed by atoms with Crippen molar-refractivity contribution in [2.45, 2.75) is 37.5 Å². The van der Waals surface area contributed by atoms with Gasteiger partial charge in [-0.15, -0.1) is 0 Å². The summed E-state index contributed by atoms with van der Waals surface area (Å²) in [4.78, 5) is 0.275. The van der Waals surface area contributed by atoms with Gasteiger partial charge in [0.15, 0.2) is 0 Å². The van der Waals surface area contributed by atoms with Crippen LogP contribution in [0.15, 0.2) is 74.5 Å². The lowest BCUT2D eigenvalue weighted by molar-refractivity contribution is -0.438. The van der Waals surface area contributed by atoms with Gasteiger partial charge in [-0.25, -0.2) is 4.72 Å². The molecule has 0 saturated heterocycles. The van der Waals surface area contributed by atoms with Gasteiger partial charge in [0, 0.05) is 13.0 Å². The van der Waals surface area contributed by atoms with Gasteiger partial charge in [0.05, 0.1) is 10.6 Å². The lowest BCUT2D eigenvalue weighted by Gasteiger charge is -2.04. The Balaban J connectivity index is 2.22. The van der Waals surface area contributed by atoms with Crippen LogP contribution in [0.25, 0.3) is 0 Å². The Labute approximate surface area is 160 Å². The minimum absolute atomic E-state index is 0.0924. The van der Waals surface area contributed by atoms with Crippen LogP contribution in [-0.2, 0) is 20.0 Å². The van der Waals surface area contributed by atoms with Crippen LogP contribution in [0.5, 0.6) is 0 Å². The van der Waals surface area contributed by atoms with Crippen LogP contribution < -0.4 is 4.72 Å². The molecule has 144 valence electrons. The van der Waals surface area contributed by atoms with Gasteiger partial charge < -0.3 is 0 Å². The fourth-order valence-electron chi connectivity index (χ4n) is 2.38. The molecule has 0 heterocycles. The van der Waals surface area contributed by atoms with Crippen molar-refractivity contribution in [3.63, 3.8) is 0 Å². The molecular weight excluding hydrogens is 384 g/mol. The largest absolute Gasteiger partial charge is 0.328 e. The third-order valence-corrected chi connectivity index (χ3v) is 6.72. The van der Waals surface area contributed by atoms with Gasteiger partial charge in [0.1, 0.15) is 10.6 Å². The standard InChI is InChI=1S/C19H22N2O4S2/c1-14-5-9-18(10-6-14)26(22,23)20-16(3)13-17(4)21-27(24,25)19-11-7-15(2)8-12-19/h5-13,20H,1-4H3/p+1/b16-13-,21-17?. The van der Waals surface area contributed by atoms with Gasteiger partial charge in [-0.05, 0) is 45.0 Å². The molecule has 0 aliphatic carbocycles. The summed E-state index contributed by atoms with van der Waals surface area (Å²) >= 11 is 0. The van der Waals surface area contributed by atoms with Crippen molar-refractivity contribution in [1.82, 2.24) is 0 Å². The van der Waals surface area contributed by atoms with E-state index in [0.29, 0.717) is 5.70 Å². The number of rotatable bonds is 6. The monoisotopic (exact) mass is 407 g/mol. The molecular formula is C19H23N2O4S2+. The number of benzene rings is 2. The second-order valence-corrected chi connectivity index (χ2v) is 9.79. The highest BCUT2D eigenvalue weighted by Crippen LogP contribution is 2.13. The fourth-order valence-corrected chi connectivity index (χ4v) is 4.61. The Bertz CT molecular complexity index is 1080. The minimum atomic E-state index is -3.84. The van der Waals surface area contributed by atoms with Crippen molar-refractivity contribution >= 4 is 25.8 Å². The molecule has 0 amide bonds. The predicted molar refractivity (Wildman–Crippen MR) is 106 cm³/mol. The molecule has 0 aromatic heterocycles. The summed E-state index contributed by atoms with van der Waals surface area (Å²) in [5, 5.41) is 0. The van der Waals surface area contributed by atoms with E-state index in [1.54, 1.807) is 31.2 Å². The molecule has 2 aromatic rings. The summed E-state index contributed by atoms with van der Waals surface area (Å²) in [5.74, 6) is 0. The van der Waals surface area contributed by atoms with Gasteiger partial charge >= 0.3 is 10.0 Å². The Hall–Kier alpha value is -2.29. The summed E-state index contributed by atoms with van der Waals surface area (Å²) in [6.07, 6.45) is 1.43. The first kappa shape index (κ1) is 21.0. The summed E-state index contributed by atoms with van der Waals surface area (Å²) < 4.78 is 54.4. The number of nitrogens with two attached hydrogens (primary N) is 1. The van der Waals surface area contributed by atoms with E-state index >= 15 is 0 Å². The molecule has 0 atom stereocenters. The number of primary sulfonamides is 1. The molecule has 8 heteroatoms. The number of sulfonamides is 2. The van der Waals surface area contributed by atoms with Crippen LogP contribution in [0.1, 0.15) is 25.0 Å². The second kappa shape index (κ2) is 8.16.